The summed E-state index contributed by atoms with van der Waals surface area (Å²) >= 11 is 0. The molecule has 1 spiro atoms. The number of carbonyl (C=O) groups excluding carboxylic acids is 1. The molecule has 0 aromatic heterocycles. The fourth-order valence-electron chi connectivity index (χ4n) is 3.24. The van der Waals surface area contributed by atoms with Gasteiger partial charge in [0.05, 0.1) is 18.1 Å². The van der Waals surface area contributed by atoms with E-state index in [-0.39, 0.29) is 29.7 Å². The van der Waals surface area contributed by atoms with Gasteiger partial charge in [-0.2, -0.15) is 0 Å². The van der Waals surface area contributed by atoms with Crippen molar-refractivity contribution in [2.45, 2.75) is 50.0 Å². The smallest absolute Gasteiger partial charge is 0.315 e. The first-order valence-electron chi connectivity index (χ1n) is 7.53. The van der Waals surface area contributed by atoms with Crippen molar-refractivity contribution in [1.82, 2.24) is 10.6 Å². The van der Waals surface area contributed by atoms with E-state index in [1.165, 1.54) is 0 Å². The van der Waals surface area contributed by atoms with E-state index in [1.54, 1.807) is 0 Å². The Morgan fingerprint density at radius 3 is 2.71 bits per heavy atom. The van der Waals surface area contributed by atoms with Crippen LogP contribution in [-0.2, 0) is 19.3 Å². The lowest BCUT2D eigenvalue weighted by Gasteiger charge is -2.22. The first-order valence-corrected chi connectivity index (χ1v) is 9.35. The Bertz CT molecular complexity index is 501. The van der Waals surface area contributed by atoms with Crippen LogP contribution in [0.4, 0.5) is 4.79 Å². The Balaban J connectivity index is 1.39. The number of nitrogens with one attached hydrogen (secondary N) is 2. The molecule has 2 aliphatic heterocycles. The third kappa shape index (κ3) is 3.67. The summed E-state index contributed by atoms with van der Waals surface area (Å²) in [5.74, 6) is -0.227. The van der Waals surface area contributed by atoms with Crippen LogP contribution in [0.5, 0.6) is 0 Å². The summed E-state index contributed by atoms with van der Waals surface area (Å²) in [5, 5.41) is 5.43. The summed E-state index contributed by atoms with van der Waals surface area (Å²) in [7, 11) is -2.97. The molecular formula is C13H22N2O5S. The summed E-state index contributed by atoms with van der Waals surface area (Å²) in [6.07, 6.45) is 4.46. The van der Waals surface area contributed by atoms with Crippen LogP contribution in [0.2, 0.25) is 0 Å². The average Bonchev–Trinajstić information content (AvgIpc) is 3.11. The summed E-state index contributed by atoms with van der Waals surface area (Å²) in [5.41, 5.74) is 0. The SMILES string of the molecule is O=C(NCC1COC2(CCCC2)O1)NC1CCS(=O)(=O)C1. The number of amides is 2. The van der Waals surface area contributed by atoms with Gasteiger partial charge in [0.25, 0.3) is 0 Å². The van der Waals surface area contributed by atoms with E-state index in [0.29, 0.717) is 19.6 Å². The molecule has 3 aliphatic rings. The van der Waals surface area contributed by atoms with E-state index in [2.05, 4.69) is 10.6 Å². The van der Waals surface area contributed by atoms with Gasteiger partial charge in [-0.15, -0.1) is 0 Å². The van der Waals surface area contributed by atoms with Crippen LogP contribution in [0.15, 0.2) is 0 Å². The van der Waals surface area contributed by atoms with Crippen LogP contribution in [0, 0.1) is 0 Å². The molecule has 3 fully saturated rings. The second kappa shape index (κ2) is 5.73. The first kappa shape index (κ1) is 15.1. The Hall–Kier alpha value is -0.860. The van der Waals surface area contributed by atoms with Crippen molar-refractivity contribution in [2.75, 3.05) is 24.7 Å². The van der Waals surface area contributed by atoms with Crippen molar-refractivity contribution < 1.29 is 22.7 Å². The molecule has 0 radical (unpaired) electrons. The number of rotatable bonds is 3. The van der Waals surface area contributed by atoms with E-state index in [1.807, 2.05) is 0 Å². The lowest BCUT2D eigenvalue weighted by molar-refractivity contribution is -0.160. The maximum Gasteiger partial charge on any atom is 0.315 e. The summed E-state index contributed by atoms with van der Waals surface area (Å²) in [6.45, 7) is 0.880. The maximum atomic E-state index is 11.8. The van der Waals surface area contributed by atoms with Crippen molar-refractivity contribution in [1.29, 1.82) is 0 Å². The average molecular weight is 318 g/mol. The number of urea groups is 1. The lowest BCUT2D eigenvalue weighted by atomic mass is 10.2. The zero-order chi connectivity index (χ0) is 14.9. The van der Waals surface area contributed by atoms with Crippen molar-refractivity contribution in [3.8, 4) is 0 Å². The Labute approximate surface area is 124 Å². The molecule has 0 aromatic rings. The normalized spacial score (nSPS) is 33.3. The third-order valence-corrected chi connectivity index (χ3v) is 6.10. The predicted molar refractivity (Wildman–Crippen MR) is 75.6 cm³/mol. The summed E-state index contributed by atoms with van der Waals surface area (Å²) < 4.78 is 34.3. The molecule has 2 unspecified atom stereocenters. The molecule has 21 heavy (non-hydrogen) atoms. The van der Waals surface area contributed by atoms with Crippen LogP contribution >= 0.6 is 0 Å². The lowest BCUT2D eigenvalue weighted by Crippen LogP contribution is -2.45. The Morgan fingerprint density at radius 1 is 1.29 bits per heavy atom. The molecule has 2 amide bonds. The Morgan fingerprint density at radius 2 is 2.05 bits per heavy atom. The van der Waals surface area contributed by atoms with Crippen LogP contribution in [0.25, 0.3) is 0 Å². The molecular weight excluding hydrogens is 296 g/mol. The quantitative estimate of drug-likeness (QED) is 0.773. The summed E-state index contributed by atoms with van der Waals surface area (Å²) in [4.78, 5) is 11.8. The molecule has 2 heterocycles. The minimum absolute atomic E-state index is 0.0343. The number of hydrogen-bond acceptors (Lipinski definition) is 5. The fraction of sp³-hybridized carbons (Fsp3) is 0.923. The highest BCUT2D eigenvalue weighted by Crippen LogP contribution is 2.38. The highest BCUT2D eigenvalue weighted by molar-refractivity contribution is 7.91. The Kier molecular flexibility index (Phi) is 4.11. The monoisotopic (exact) mass is 318 g/mol. The predicted octanol–water partition coefficient (Wildman–Crippen LogP) is 0.158. The number of ether oxygens (including phenoxy) is 2. The van der Waals surface area contributed by atoms with Gasteiger partial charge >= 0.3 is 6.03 Å². The van der Waals surface area contributed by atoms with Gasteiger partial charge in [0, 0.05) is 25.4 Å². The van der Waals surface area contributed by atoms with Gasteiger partial charge in [-0.05, 0) is 19.3 Å². The third-order valence-electron chi connectivity index (χ3n) is 4.34. The standard InChI is InChI=1S/C13H22N2O5S/c16-12(15-10-3-6-21(17,18)9-10)14-7-11-8-19-13(20-11)4-1-2-5-13/h10-11H,1-9H2,(H2,14,15,16). The minimum atomic E-state index is -2.97. The van der Waals surface area contributed by atoms with Gasteiger partial charge in [-0.1, -0.05) is 0 Å². The van der Waals surface area contributed by atoms with Gasteiger partial charge < -0.3 is 20.1 Å². The van der Waals surface area contributed by atoms with E-state index in [9.17, 15) is 13.2 Å². The summed E-state index contributed by atoms with van der Waals surface area (Å²) in [6, 6.07) is -0.620. The van der Waals surface area contributed by atoms with Crippen molar-refractivity contribution >= 4 is 15.9 Å². The van der Waals surface area contributed by atoms with Gasteiger partial charge in [0.1, 0.15) is 6.10 Å². The van der Waals surface area contributed by atoms with Crippen molar-refractivity contribution in [3.63, 3.8) is 0 Å². The molecule has 120 valence electrons. The van der Waals surface area contributed by atoms with E-state index < -0.39 is 15.6 Å². The van der Waals surface area contributed by atoms with Gasteiger partial charge in [0.2, 0.25) is 0 Å². The van der Waals surface area contributed by atoms with Gasteiger partial charge in [0.15, 0.2) is 15.6 Å². The zero-order valence-corrected chi connectivity index (χ0v) is 12.8. The van der Waals surface area contributed by atoms with E-state index in [0.717, 1.165) is 25.7 Å². The van der Waals surface area contributed by atoms with Crippen molar-refractivity contribution in [2.24, 2.45) is 0 Å². The molecule has 3 rings (SSSR count). The van der Waals surface area contributed by atoms with Crippen LogP contribution < -0.4 is 10.6 Å². The molecule has 2 saturated heterocycles. The molecule has 8 heteroatoms. The molecule has 0 bridgehead atoms. The highest BCUT2D eigenvalue weighted by atomic mass is 32.2. The number of sulfone groups is 1. The maximum absolute atomic E-state index is 11.8. The topological polar surface area (TPSA) is 93.7 Å². The van der Waals surface area contributed by atoms with E-state index in [4.69, 9.17) is 9.47 Å². The second-order valence-corrected chi connectivity index (χ2v) is 8.35. The minimum Gasteiger partial charge on any atom is -0.347 e. The molecule has 1 saturated carbocycles. The van der Waals surface area contributed by atoms with Gasteiger partial charge in [-0.3, -0.25) is 0 Å². The fourth-order valence-corrected chi connectivity index (χ4v) is 4.92. The highest BCUT2D eigenvalue weighted by Gasteiger charge is 2.43. The molecule has 7 nitrogen and oxygen atoms in total. The van der Waals surface area contributed by atoms with Crippen molar-refractivity contribution in [3.05, 3.63) is 0 Å². The van der Waals surface area contributed by atoms with Gasteiger partial charge in [-0.25, -0.2) is 13.2 Å². The number of carbonyl (C=O) groups is 1. The molecule has 1 aliphatic carbocycles. The van der Waals surface area contributed by atoms with Crippen LogP contribution in [0.3, 0.4) is 0 Å². The molecule has 0 aromatic carbocycles. The first-order chi connectivity index (χ1) is 9.96. The largest absolute Gasteiger partial charge is 0.347 e. The number of hydrogen-bond donors (Lipinski definition) is 2. The molecule has 2 atom stereocenters. The van der Waals surface area contributed by atoms with Crippen LogP contribution in [0.1, 0.15) is 32.1 Å². The second-order valence-electron chi connectivity index (χ2n) is 6.12. The van der Waals surface area contributed by atoms with Crippen LogP contribution in [-0.4, -0.2) is 57.0 Å². The van der Waals surface area contributed by atoms with E-state index >= 15 is 0 Å². The zero-order valence-electron chi connectivity index (χ0n) is 12.0. The molecule has 2 N–H and O–H groups in total.